The first-order valence-corrected chi connectivity index (χ1v) is 8.34. The molecule has 1 aliphatic heterocycles. The summed E-state index contributed by atoms with van der Waals surface area (Å²) in [5.74, 6) is 0.733. The first kappa shape index (κ1) is 18.6. The third-order valence-corrected chi connectivity index (χ3v) is 4.16. The summed E-state index contributed by atoms with van der Waals surface area (Å²) in [6.45, 7) is 10.7. The lowest BCUT2D eigenvalue weighted by molar-refractivity contribution is 0.112. The van der Waals surface area contributed by atoms with E-state index in [-0.39, 0.29) is 0 Å². The van der Waals surface area contributed by atoms with Gasteiger partial charge in [-0.15, -0.1) is 0 Å². The Balaban J connectivity index is 2.53. The third-order valence-electron chi connectivity index (χ3n) is 4.16. The quantitative estimate of drug-likeness (QED) is 0.613. The highest BCUT2D eigenvalue weighted by Gasteiger charge is 2.23. The Labute approximate surface area is 149 Å². The molecule has 0 unspecified atom stereocenters. The van der Waals surface area contributed by atoms with E-state index in [0.29, 0.717) is 5.56 Å². The lowest BCUT2D eigenvalue weighted by Gasteiger charge is -2.33. The van der Waals surface area contributed by atoms with Crippen LogP contribution < -0.4 is 5.32 Å². The molecule has 6 heteroatoms. The Bertz CT molecular complexity index is 699. The molecule has 0 saturated heterocycles. The zero-order valence-electron chi connectivity index (χ0n) is 15.1. The normalized spacial score (nSPS) is 17.6. The summed E-state index contributed by atoms with van der Waals surface area (Å²) in [7, 11) is 1.74. The molecule has 0 bridgehead atoms. The number of hydrogen-bond donors (Lipinski definition) is 1. The fourth-order valence-electron chi connectivity index (χ4n) is 2.68. The zero-order chi connectivity index (χ0) is 18.2. The SMILES string of the molecule is C=N/C(=C1/C(=NC)NC=CN1CN(CC)CC)c1ccc(C=O)cc1. The van der Waals surface area contributed by atoms with E-state index in [0.717, 1.165) is 48.8 Å². The number of hydrogen-bond acceptors (Lipinski definition) is 5. The van der Waals surface area contributed by atoms with Gasteiger partial charge in [0.25, 0.3) is 0 Å². The van der Waals surface area contributed by atoms with Gasteiger partial charge in [-0.1, -0.05) is 38.1 Å². The molecule has 1 aromatic carbocycles. The fraction of sp³-hybridized carbons (Fsp3) is 0.316. The Kier molecular flexibility index (Phi) is 6.65. The van der Waals surface area contributed by atoms with Crippen LogP contribution >= 0.6 is 0 Å². The number of carbonyl (C=O) groups excluding carboxylic acids is 1. The van der Waals surface area contributed by atoms with Gasteiger partial charge < -0.3 is 10.2 Å². The minimum atomic E-state index is 0.628. The number of nitrogens with zero attached hydrogens (tertiary/aromatic N) is 4. The van der Waals surface area contributed by atoms with E-state index in [1.54, 1.807) is 19.2 Å². The summed E-state index contributed by atoms with van der Waals surface area (Å²) < 4.78 is 0. The maximum absolute atomic E-state index is 10.9. The van der Waals surface area contributed by atoms with E-state index in [9.17, 15) is 4.79 Å². The fourth-order valence-corrected chi connectivity index (χ4v) is 2.68. The van der Waals surface area contributed by atoms with Crippen molar-refractivity contribution in [3.05, 3.63) is 53.5 Å². The van der Waals surface area contributed by atoms with Gasteiger partial charge >= 0.3 is 0 Å². The van der Waals surface area contributed by atoms with Crippen molar-refractivity contribution in [2.24, 2.45) is 9.98 Å². The van der Waals surface area contributed by atoms with Gasteiger partial charge in [-0.05, 0) is 19.8 Å². The second-order valence-corrected chi connectivity index (χ2v) is 5.54. The molecule has 0 fully saturated rings. The molecule has 132 valence electrons. The van der Waals surface area contributed by atoms with Crippen LogP contribution in [0.5, 0.6) is 0 Å². The van der Waals surface area contributed by atoms with Crippen molar-refractivity contribution < 1.29 is 4.79 Å². The molecule has 2 rings (SSSR count). The molecule has 0 spiro atoms. The second-order valence-electron chi connectivity index (χ2n) is 5.54. The van der Waals surface area contributed by atoms with Gasteiger partial charge in [0.1, 0.15) is 12.0 Å². The molecule has 1 aliphatic rings. The van der Waals surface area contributed by atoms with Crippen molar-refractivity contribution in [1.82, 2.24) is 15.1 Å². The second kappa shape index (κ2) is 8.94. The summed E-state index contributed by atoms with van der Waals surface area (Å²) in [5.41, 5.74) is 3.11. The number of amidine groups is 1. The smallest absolute Gasteiger partial charge is 0.151 e. The van der Waals surface area contributed by atoms with Crippen LogP contribution in [-0.4, -0.2) is 55.4 Å². The summed E-state index contributed by atoms with van der Waals surface area (Å²) in [6, 6.07) is 7.30. The summed E-state index contributed by atoms with van der Waals surface area (Å²) in [5, 5.41) is 3.17. The first-order valence-electron chi connectivity index (χ1n) is 8.34. The Morgan fingerprint density at radius 3 is 2.48 bits per heavy atom. The zero-order valence-corrected chi connectivity index (χ0v) is 15.1. The van der Waals surface area contributed by atoms with Crippen LogP contribution in [0.15, 0.2) is 52.3 Å². The van der Waals surface area contributed by atoms with E-state index in [2.05, 4.69) is 45.7 Å². The van der Waals surface area contributed by atoms with Gasteiger partial charge in [-0.25, -0.2) is 0 Å². The number of aliphatic imine (C=N–C) groups is 2. The topological polar surface area (TPSA) is 60.3 Å². The van der Waals surface area contributed by atoms with Crippen molar-refractivity contribution in [2.75, 3.05) is 26.8 Å². The van der Waals surface area contributed by atoms with E-state index in [4.69, 9.17) is 0 Å². The first-order chi connectivity index (χ1) is 12.2. The predicted molar refractivity (Wildman–Crippen MR) is 104 cm³/mol. The molecule has 0 saturated carbocycles. The van der Waals surface area contributed by atoms with Crippen LogP contribution in [0, 0.1) is 0 Å². The van der Waals surface area contributed by atoms with Crippen LogP contribution in [-0.2, 0) is 0 Å². The molecular weight excluding hydrogens is 314 g/mol. The summed E-state index contributed by atoms with van der Waals surface area (Å²) >= 11 is 0. The molecule has 0 amide bonds. The molecule has 6 nitrogen and oxygen atoms in total. The Morgan fingerprint density at radius 2 is 1.96 bits per heavy atom. The highest BCUT2D eigenvalue weighted by atomic mass is 16.1. The van der Waals surface area contributed by atoms with Gasteiger partial charge in [-0.2, -0.15) is 0 Å². The molecule has 0 radical (unpaired) electrons. The van der Waals surface area contributed by atoms with Crippen LogP contribution in [0.25, 0.3) is 5.70 Å². The van der Waals surface area contributed by atoms with Gasteiger partial charge in [0.15, 0.2) is 5.84 Å². The van der Waals surface area contributed by atoms with Crippen LogP contribution in [0.4, 0.5) is 0 Å². The van der Waals surface area contributed by atoms with E-state index >= 15 is 0 Å². The molecule has 0 aliphatic carbocycles. The largest absolute Gasteiger partial charge is 0.344 e. The average Bonchev–Trinajstić information content (AvgIpc) is 2.67. The molecule has 1 N–H and O–H groups in total. The predicted octanol–water partition coefficient (Wildman–Crippen LogP) is 2.57. The molecule has 25 heavy (non-hydrogen) atoms. The number of rotatable bonds is 7. The van der Waals surface area contributed by atoms with Crippen LogP contribution in [0.2, 0.25) is 0 Å². The van der Waals surface area contributed by atoms with E-state index < -0.39 is 0 Å². The average molecular weight is 339 g/mol. The van der Waals surface area contributed by atoms with Crippen molar-refractivity contribution in [3.8, 4) is 0 Å². The minimum absolute atomic E-state index is 0.628. The number of carbonyl (C=O) groups is 1. The number of benzene rings is 1. The highest BCUT2D eigenvalue weighted by molar-refractivity contribution is 6.05. The van der Waals surface area contributed by atoms with Crippen molar-refractivity contribution in [1.29, 1.82) is 0 Å². The summed E-state index contributed by atoms with van der Waals surface area (Å²) in [6.07, 6.45) is 4.67. The molecular formula is C19H25N5O. The molecule has 1 aromatic rings. The minimum Gasteiger partial charge on any atom is -0.344 e. The maximum Gasteiger partial charge on any atom is 0.151 e. The number of aldehydes is 1. The van der Waals surface area contributed by atoms with E-state index in [1.165, 1.54) is 0 Å². The van der Waals surface area contributed by atoms with Crippen LogP contribution in [0.1, 0.15) is 29.8 Å². The van der Waals surface area contributed by atoms with Crippen molar-refractivity contribution >= 4 is 24.5 Å². The van der Waals surface area contributed by atoms with E-state index in [1.807, 2.05) is 24.5 Å². The van der Waals surface area contributed by atoms with Crippen molar-refractivity contribution in [3.63, 3.8) is 0 Å². The molecule has 0 atom stereocenters. The van der Waals surface area contributed by atoms with Gasteiger partial charge in [0.05, 0.1) is 12.4 Å². The van der Waals surface area contributed by atoms with Gasteiger partial charge in [0, 0.05) is 30.6 Å². The lowest BCUT2D eigenvalue weighted by Crippen LogP contribution is -2.41. The Hall–Kier alpha value is -2.73. The van der Waals surface area contributed by atoms with Gasteiger partial charge in [-0.3, -0.25) is 19.7 Å². The van der Waals surface area contributed by atoms with Crippen molar-refractivity contribution in [2.45, 2.75) is 13.8 Å². The maximum atomic E-state index is 10.9. The summed E-state index contributed by atoms with van der Waals surface area (Å²) in [4.78, 5) is 23.9. The standard InChI is InChI=1S/C19H25N5O/c1-5-23(6-2)14-24-12-11-22-19(21-4)18(24)17(20-3)16-9-7-15(13-25)8-10-16/h7-13H,3,5-6,14H2,1-2,4H3,(H,21,22)/b18-17-. The number of nitrogens with one attached hydrogen (secondary N) is 1. The molecule has 1 heterocycles. The molecule has 0 aromatic heterocycles. The monoisotopic (exact) mass is 339 g/mol. The highest BCUT2D eigenvalue weighted by Crippen LogP contribution is 2.25. The third kappa shape index (κ3) is 4.22. The van der Waals surface area contributed by atoms with Gasteiger partial charge in [0.2, 0.25) is 0 Å². The Morgan fingerprint density at radius 1 is 1.28 bits per heavy atom. The van der Waals surface area contributed by atoms with Crippen LogP contribution in [0.3, 0.4) is 0 Å². The lowest BCUT2D eigenvalue weighted by atomic mass is 10.1.